The number of para-hydroxylation sites is 1. The maximum atomic E-state index is 14.3. The fourth-order valence-corrected chi connectivity index (χ4v) is 8.23. The van der Waals surface area contributed by atoms with Gasteiger partial charge < -0.3 is 25.0 Å². The van der Waals surface area contributed by atoms with Crippen LogP contribution in [0.2, 0.25) is 0 Å². The quantitative estimate of drug-likeness (QED) is 0.159. The summed E-state index contributed by atoms with van der Waals surface area (Å²) in [5, 5.41) is 11.9. The molecule has 2 amide bonds. The Morgan fingerprint density at radius 3 is 2.20 bits per heavy atom. The average Bonchev–Trinajstić information content (AvgIpc) is 3.19. The Morgan fingerprint density at radius 2 is 1.63 bits per heavy atom. The van der Waals surface area contributed by atoms with E-state index in [2.05, 4.69) is 28.8 Å². The Labute approximate surface area is 293 Å². The van der Waals surface area contributed by atoms with Crippen LogP contribution in [-0.2, 0) is 24.4 Å². The molecule has 1 aliphatic heterocycles. The largest absolute Gasteiger partial charge is 0.483 e. The van der Waals surface area contributed by atoms with Crippen molar-refractivity contribution in [2.24, 2.45) is 0 Å². The summed E-state index contributed by atoms with van der Waals surface area (Å²) in [6.45, 7) is 3.59. The number of ether oxygens (including phenoxy) is 1. The summed E-state index contributed by atoms with van der Waals surface area (Å²) in [4.78, 5) is 41.5. The molecular weight excluding hydrogens is 665 g/mol. The number of amides is 2. The van der Waals surface area contributed by atoms with Crippen LogP contribution < -0.4 is 19.7 Å². The van der Waals surface area contributed by atoms with Gasteiger partial charge in [0.05, 0.1) is 16.1 Å². The molecule has 0 fully saturated rings. The average molecular weight is 711 g/mol. The van der Waals surface area contributed by atoms with Gasteiger partial charge in [-0.05, 0) is 42.9 Å². The van der Waals surface area contributed by atoms with Crippen molar-refractivity contribution in [2.75, 3.05) is 37.9 Å². The summed E-state index contributed by atoms with van der Waals surface area (Å²) in [6, 6.07) is 20.3. The van der Waals surface area contributed by atoms with Crippen molar-refractivity contribution in [3.8, 4) is 5.75 Å². The highest BCUT2D eigenvalue weighted by Gasteiger charge is 2.42. The third kappa shape index (κ3) is 9.55. The molecule has 0 bridgehead atoms. The molecule has 11 nitrogen and oxygen atoms in total. The third-order valence-corrected chi connectivity index (χ3v) is 10.9. The number of anilines is 2. The van der Waals surface area contributed by atoms with E-state index in [0.717, 1.165) is 36.3 Å². The van der Waals surface area contributed by atoms with Crippen LogP contribution in [0, 0.1) is 0 Å². The Hall–Kier alpha value is -4.07. The normalized spacial score (nSPS) is 15.4. The zero-order valence-corrected chi connectivity index (χ0v) is 30.1. The fraction of sp³-hybridized carbons (Fsp3) is 0.417. The van der Waals surface area contributed by atoms with Gasteiger partial charge in [0, 0.05) is 25.3 Å². The Bertz CT molecular complexity index is 1700. The number of carboxylic acids is 1. The van der Waals surface area contributed by atoms with Crippen LogP contribution in [-0.4, -0.2) is 74.7 Å². The number of fused-ring (bicyclic) bond motifs is 1. The van der Waals surface area contributed by atoms with E-state index in [4.69, 9.17) is 4.74 Å². The number of aliphatic carboxylic acids is 1. The minimum Gasteiger partial charge on any atom is -0.483 e. The van der Waals surface area contributed by atoms with Gasteiger partial charge in [-0.15, -0.1) is 11.8 Å². The molecule has 1 heterocycles. The van der Waals surface area contributed by atoms with Crippen LogP contribution in [0.3, 0.4) is 0 Å². The summed E-state index contributed by atoms with van der Waals surface area (Å²) in [5.74, 6) is -2.23. The molecule has 0 spiro atoms. The first kappa shape index (κ1) is 37.7. The van der Waals surface area contributed by atoms with E-state index < -0.39 is 52.5 Å². The van der Waals surface area contributed by atoms with Gasteiger partial charge in [-0.3, -0.25) is 14.4 Å². The van der Waals surface area contributed by atoms with Crippen LogP contribution in [0.5, 0.6) is 5.75 Å². The first-order valence-corrected chi connectivity index (χ1v) is 19.2. The molecule has 0 saturated carbocycles. The van der Waals surface area contributed by atoms with Gasteiger partial charge >= 0.3 is 5.97 Å². The lowest BCUT2D eigenvalue weighted by atomic mass is 9.87. The van der Waals surface area contributed by atoms with E-state index in [-0.39, 0.29) is 10.6 Å². The molecule has 13 heteroatoms. The second kappa shape index (κ2) is 17.0. The molecule has 3 aromatic rings. The highest BCUT2D eigenvalue weighted by Crippen LogP contribution is 2.44. The molecule has 0 aliphatic carbocycles. The minimum absolute atomic E-state index is 0.0482. The predicted molar refractivity (Wildman–Crippen MR) is 192 cm³/mol. The molecule has 49 heavy (non-hydrogen) atoms. The Balaban J connectivity index is 1.69. The van der Waals surface area contributed by atoms with E-state index in [0.29, 0.717) is 35.5 Å². The molecule has 1 atom stereocenters. The summed E-state index contributed by atoms with van der Waals surface area (Å²) >= 11 is 1.36. The molecule has 0 radical (unpaired) electrons. The van der Waals surface area contributed by atoms with Gasteiger partial charge in [-0.1, -0.05) is 88.1 Å². The SMILES string of the molecule is CCCCC1(CCCC)CN(c2ccccc2)c2cc(SC)c(OCC(=O)N[C@@H](C(=O)N(C)CC(=O)O)c3ccccc3)cc2S(=O)(=O)N1. The molecule has 4 rings (SSSR count). The maximum absolute atomic E-state index is 14.3. The lowest BCUT2D eigenvalue weighted by Crippen LogP contribution is -2.53. The number of hydrogen-bond donors (Lipinski definition) is 3. The van der Waals surface area contributed by atoms with Gasteiger partial charge in [0.1, 0.15) is 23.2 Å². The first-order valence-electron chi connectivity index (χ1n) is 16.5. The summed E-state index contributed by atoms with van der Waals surface area (Å²) in [7, 11) is -2.69. The number of nitrogens with zero attached hydrogens (tertiary/aromatic N) is 2. The van der Waals surface area contributed by atoms with E-state index in [1.807, 2.05) is 36.6 Å². The maximum Gasteiger partial charge on any atom is 0.323 e. The van der Waals surface area contributed by atoms with Gasteiger partial charge in [0.15, 0.2) is 6.61 Å². The zero-order chi connectivity index (χ0) is 35.6. The topological polar surface area (TPSA) is 145 Å². The third-order valence-electron chi connectivity index (χ3n) is 8.52. The van der Waals surface area contributed by atoms with Gasteiger partial charge in [0.2, 0.25) is 15.9 Å². The molecule has 0 saturated heterocycles. The predicted octanol–water partition coefficient (Wildman–Crippen LogP) is 5.74. The van der Waals surface area contributed by atoms with Crippen molar-refractivity contribution >= 4 is 50.9 Å². The first-order chi connectivity index (χ1) is 23.4. The monoisotopic (exact) mass is 710 g/mol. The Morgan fingerprint density at radius 1 is 1.02 bits per heavy atom. The van der Waals surface area contributed by atoms with E-state index in [1.54, 1.807) is 36.4 Å². The second-order valence-electron chi connectivity index (χ2n) is 12.3. The summed E-state index contributed by atoms with van der Waals surface area (Å²) in [5.41, 5.74) is 1.16. The number of thioether (sulfide) groups is 1. The lowest BCUT2D eigenvalue weighted by Gasteiger charge is -2.37. The van der Waals surface area contributed by atoms with Crippen LogP contribution in [0.1, 0.15) is 64.0 Å². The molecular formula is C36H46N4O7S2. The van der Waals surface area contributed by atoms with Crippen molar-refractivity contribution in [3.63, 3.8) is 0 Å². The lowest BCUT2D eigenvalue weighted by molar-refractivity contribution is -0.144. The van der Waals surface area contributed by atoms with Gasteiger partial charge in [-0.25, -0.2) is 13.1 Å². The Kier molecular flexibility index (Phi) is 13.1. The molecule has 3 aromatic carbocycles. The van der Waals surface area contributed by atoms with Crippen LogP contribution in [0.4, 0.5) is 11.4 Å². The number of sulfonamides is 1. The van der Waals surface area contributed by atoms with Gasteiger partial charge in [-0.2, -0.15) is 0 Å². The molecule has 264 valence electrons. The van der Waals surface area contributed by atoms with Crippen molar-refractivity contribution in [2.45, 2.75) is 73.7 Å². The minimum atomic E-state index is -4.04. The second-order valence-corrected chi connectivity index (χ2v) is 14.8. The number of unbranched alkanes of at least 4 members (excludes halogenated alkanes) is 2. The van der Waals surface area contributed by atoms with Crippen LogP contribution in [0.15, 0.2) is 82.6 Å². The van der Waals surface area contributed by atoms with E-state index >= 15 is 0 Å². The molecule has 1 aliphatic rings. The van der Waals surface area contributed by atoms with Crippen molar-refractivity contribution in [1.29, 1.82) is 0 Å². The molecule has 0 aromatic heterocycles. The number of carboxylic acid groups (broad SMARTS) is 1. The zero-order valence-electron chi connectivity index (χ0n) is 28.5. The summed E-state index contributed by atoms with van der Waals surface area (Å²) in [6.07, 6.45) is 6.80. The van der Waals surface area contributed by atoms with Gasteiger partial charge in [0.25, 0.3) is 5.91 Å². The number of nitrogens with one attached hydrogen (secondary N) is 2. The molecule has 0 unspecified atom stereocenters. The smallest absolute Gasteiger partial charge is 0.323 e. The van der Waals surface area contributed by atoms with E-state index in [1.165, 1.54) is 24.9 Å². The highest BCUT2D eigenvalue weighted by molar-refractivity contribution is 7.98. The number of hydrogen-bond acceptors (Lipinski definition) is 8. The van der Waals surface area contributed by atoms with Crippen LogP contribution >= 0.6 is 11.8 Å². The number of carbonyl (C=O) groups excluding carboxylic acids is 2. The van der Waals surface area contributed by atoms with Crippen molar-refractivity contribution in [1.82, 2.24) is 14.9 Å². The molecule has 3 N–H and O–H groups in total. The highest BCUT2D eigenvalue weighted by atomic mass is 32.2. The van der Waals surface area contributed by atoms with Crippen molar-refractivity contribution in [3.05, 3.63) is 78.4 Å². The number of likely N-dealkylation sites (N-methyl/N-ethyl adjacent to an activating group) is 1. The number of rotatable bonds is 16. The summed E-state index contributed by atoms with van der Waals surface area (Å²) < 4.78 is 37.6. The number of benzene rings is 3. The van der Waals surface area contributed by atoms with Crippen LogP contribution in [0.25, 0.3) is 0 Å². The fourth-order valence-electron chi connectivity index (χ4n) is 6.02. The number of carbonyl (C=O) groups is 3. The van der Waals surface area contributed by atoms with Crippen molar-refractivity contribution < 1.29 is 32.6 Å². The standard InChI is InChI=1S/C36H46N4O7S2/c1-5-7-19-36(20-8-6-2)25-40(27-17-13-10-14-18-27)28-21-30(48-4)29(22-31(28)49(45,46)38-36)47-24-32(41)37-34(26-15-11-9-12-16-26)35(44)39(3)23-33(42)43/h9-18,21-22,34,38H,5-8,19-20,23-25H2,1-4H3,(H,37,41)(H,42,43)/t34-/m1/s1. The van der Waals surface area contributed by atoms with E-state index in [9.17, 15) is 27.9 Å².